The Morgan fingerprint density at radius 3 is 2.50 bits per heavy atom. The number of sulfonamides is 1. The summed E-state index contributed by atoms with van der Waals surface area (Å²) in [5.74, 6) is -0.0209. The molecule has 0 aliphatic heterocycles. The van der Waals surface area contributed by atoms with Crippen molar-refractivity contribution in [2.45, 2.75) is 33.1 Å². The zero-order valence-corrected chi connectivity index (χ0v) is 9.85. The van der Waals surface area contributed by atoms with Crippen molar-refractivity contribution in [3.05, 3.63) is 0 Å². The zero-order chi connectivity index (χ0) is 11.0. The summed E-state index contributed by atoms with van der Waals surface area (Å²) in [5.41, 5.74) is 0. The lowest BCUT2D eigenvalue weighted by Gasteiger charge is -2.10. The van der Waals surface area contributed by atoms with Crippen LogP contribution in [0.3, 0.4) is 0 Å². The molecule has 5 heteroatoms. The highest BCUT2D eigenvalue weighted by molar-refractivity contribution is 7.89. The van der Waals surface area contributed by atoms with Gasteiger partial charge in [-0.15, -0.1) is 0 Å². The third-order valence-electron chi connectivity index (χ3n) is 1.81. The van der Waals surface area contributed by atoms with Gasteiger partial charge < -0.3 is 4.74 Å². The molecule has 0 aliphatic carbocycles. The third kappa shape index (κ3) is 9.95. The van der Waals surface area contributed by atoms with Crippen molar-refractivity contribution in [2.75, 3.05) is 19.0 Å². The molecule has 0 aromatic carbocycles. The summed E-state index contributed by atoms with van der Waals surface area (Å²) in [6, 6.07) is 0. The molecule has 2 N–H and O–H groups in total. The first kappa shape index (κ1) is 13.9. The number of hydrogen-bond donors (Lipinski definition) is 1. The second-order valence-corrected chi connectivity index (χ2v) is 5.38. The van der Waals surface area contributed by atoms with Gasteiger partial charge in [0, 0.05) is 6.61 Å². The monoisotopic (exact) mass is 223 g/mol. The molecule has 0 bridgehead atoms. The standard InChI is InChI=1S/C9H21NO3S/c1-3-4-5-6-13-7-9(2)8-14(10,11)12/h9H,3-8H2,1-2H3,(H2,10,11,12). The number of ether oxygens (including phenoxy) is 1. The van der Waals surface area contributed by atoms with Gasteiger partial charge >= 0.3 is 0 Å². The first-order chi connectivity index (χ1) is 6.45. The van der Waals surface area contributed by atoms with E-state index < -0.39 is 10.0 Å². The maximum absolute atomic E-state index is 10.7. The molecule has 0 fully saturated rings. The van der Waals surface area contributed by atoms with Gasteiger partial charge in [-0.3, -0.25) is 0 Å². The van der Waals surface area contributed by atoms with E-state index in [0.717, 1.165) is 19.3 Å². The van der Waals surface area contributed by atoms with E-state index in [1.807, 2.05) is 6.92 Å². The molecule has 0 radical (unpaired) electrons. The molecular formula is C9H21NO3S. The van der Waals surface area contributed by atoms with Crippen LogP contribution < -0.4 is 5.14 Å². The van der Waals surface area contributed by atoms with Crippen LogP contribution in [-0.4, -0.2) is 27.4 Å². The minimum Gasteiger partial charge on any atom is -0.381 e. The number of nitrogens with two attached hydrogens (primary N) is 1. The molecule has 0 aliphatic rings. The minimum absolute atomic E-state index is 0.000772. The van der Waals surface area contributed by atoms with Gasteiger partial charge in [-0.25, -0.2) is 13.6 Å². The quantitative estimate of drug-likeness (QED) is 0.627. The summed E-state index contributed by atoms with van der Waals surface area (Å²) in [6.45, 7) is 5.14. The molecule has 0 spiro atoms. The maximum Gasteiger partial charge on any atom is 0.209 e. The lowest BCUT2D eigenvalue weighted by atomic mass is 10.2. The molecule has 0 heterocycles. The van der Waals surface area contributed by atoms with Gasteiger partial charge in [-0.1, -0.05) is 26.7 Å². The van der Waals surface area contributed by atoms with E-state index in [9.17, 15) is 8.42 Å². The van der Waals surface area contributed by atoms with E-state index >= 15 is 0 Å². The van der Waals surface area contributed by atoms with Crippen LogP contribution in [-0.2, 0) is 14.8 Å². The van der Waals surface area contributed by atoms with E-state index in [2.05, 4.69) is 6.92 Å². The van der Waals surface area contributed by atoms with Gasteiger partial charge in [0.1, 0.15) is 0 Å². The van der Waals surface area contributed by atoms with Gasteiger partial charge in [-0.05, 0) is 12.3 Å². The number of primary sulfonamides is 1. The maximum atomic E-state index is 10.7. The smallest absolute Gasteiger partial charge is 0.209 e. The van der Waals surface area contributed by atoms with Crippen LogP contribution in [0.4, 0.5) is 0 Å². The Balaban J connectivity index is 3.41. The van der Waals surface area contributed by atoms with Crippen molar-refractivity contribution < 1.29 is 13.2 Å². The molecule has 4 nitrogen and oxygen atoms in total. The SMILES string of the molecule is CCCCCOCC(C)CS(N)(=O)=O. The molecule has 86 valence electrons. The number of unbranched alkanes of at least 4 members (excludes halogenated alkanes) is 2. The van der Waals surface area contributed by atoms with E-state index in [4.69, 9.17) is 9.88 Å². The number of rotatable bonds is 8. The normalized spacial score (nSPS) is 14.2. The van der Waals surface area contributed by atoms with Crippen LogP contribution in [0, 0.1) is 5.92 Å². The van der Waals surface area contributed by atoms with Crippen molar-refractivity contribution in [3.8, 4) is 0 Å². The molecule has 1 unspecified atom stereocenters. The average molecular weight is 223 g/mol. The van der Waals surface area contributed by atoms with Gasteiger partial charge in [0.05, 0.1) is 12.4 Å². The van der Waals surface area contributed by atoms with Crippen LogP contribution in [0.5, 0.6) is 0 Å². The summed E-state index contributed by atoms with van der Waals surface area (Å²) in [5, 5.41) is 4.90. The van der Waals surface area contributed by atoms with Crippen molar-refractivity contribution in [2.24, 2.45) is 11.1 Å². The van der Waals surface area contributed by atoms with E-state index in [-0.39, 0.29) is 11.7 Å². The Morgan fingerprint density at radius 2 is 2.00 bits per heavy atom. The molecule has 0 amide bonds. The highest BCUT2D eigenvalue weighted by Crippen LogP contribution is 2.01. The fourth-order valence-electron chi connectivity index (χ4n) is 1.18. The topological polar surface area (TPSA) is 69.4 Å². The average Bonchev–Trinajstić information content (AvgIpc) is 2.00. The van der Waals surface area contributed by atoms with E-state index in [0.29, 0.717) is 13.2 Å². The van der Waals surface area contributed by atoms with Crippen LogP contribution >= 0.6 is 0 Å². The lowest BCUT2D eigenvalue weighted by Crippen LogP contribution is -2.24. The molecule has 0 saturated heterocycles. The van der Waals surface area contributed by atoms with Crippen molar-refractivity contribution in [3.63, 3.8) is 0 Å². The number of hydrogen-bond acceptors (Lipinski definition) is 3. The lowest BCUT2D eigenvalue weighted by molar-refractivity contribution is 0.107. The zero-order valence-electron chi connectivity index (χ0n) is 9.03. The van der Waals surface area contributed by atoms with Gasteiger partial charge in [-0.2, -0.15) is 0 Å². The van der Waals surface area contributed by atoms with Crippen LogP contribution in [0.1, 0.15) is 33.1 Å². The largest absolute Gasteiger partial charge is 0.381 e. The summed E-state index contributed by atoms with van der Waals surface area (Å²) in [7, 11) is -3.35. The third-order valence-corrected chi connectivity index (χ3v) is 2.85. The molecule has 0 rings (SSSR count). The fourth-order valence-corrected chi connectivity index (χ4v) is 2.07. The Labute approximate surface area is 86.9 Å². The van der Waals surface area contributed by atoms with Gasteiger partial charge in [0.15, 0.2) is 0 Å². The minimum atomic E-state index is -3.35. The predicted molar refractivity (Wildman–Crippen MR) is 57.5 cm³/mol. The molecule has 0 aromatic rings. The van der Waals surface area contributed by atoms with Crippen LogP contribution in [0.2, 0.25) is 0 Å². The van der Waals surface area contributed by atoms with Gasteiger partial charge in [0.2, 0.25) is 10.0 Å². The Hall–Kier alpha value is -0.130. The second kappa shape index (κ2) is 7.20. The molecule has 0 aromatic heterocycles. The summed E-state index contributed by atoms with van der Waals surface area (Å²) in [6.07, 6.45) is 3.36. The predicted octanol–water partition coefficient (Wildman–Crippen LogP) is 1.12. The summed E-state index contributed by atoms with van der Waals surface area (Å²) < 4.78 is 26.7. The summed E-state index contributed by atoms with van der Waals surface area (Å²) in [4.78, 5) is 0. The van der Waals surface area contributed by atoms with Crippen LogP contribution in [0.15, 0.2) is 0 Å². The molecule has 1 atom stereocenters. The van der Waals surface area contributed by atoms with Crippen molar-refractivity contribution in [1.29, 1.82) is 0 Å². The second-order valence-electron chi connectivity index (χ2n) is 3.72. The van der Waals surface area contributed by atoms with Crippen LogP contribution in [0.25, 0.3) is 0 Å². The molecular weight excluding hydrogens is 202 g/mol. The first-order valence-corrected chi connectivity index (χ1v) is 6.75. The van der Waals surface area contributed by atoms with E-state index in [1.54, 1.807) is 0 Å². The fraction of sp³-hybridized carbons (Fsp3) is 1.00. The first-order valence-electron chi connectivity index (χ1n) is 5.04. The molecule has 0 saturated carbocycles. The highest BCUT2D eigenvalue weighted by atomic mass is 32.2. The van der Waals surface area contributed by atoms with Gasteiger partial charge in [0.25, 0.3) is 0 Å². The van der Waals surface area contributed by atoms with E-state index in [1.165, 1.54) is 0 Å². The Kier molecular flexibility index (Phi) is 7.13. The Bertz CT molecular complexity index is 226. The molecule has 14 heavy (non-hydrogen) atoms. The van der Waals surface area contributed by atoms with Crippen molar-refractivity contribution >= 4 is 10.0 Å². The highest BCUT2D eigenvalue weighted by Gasteiger charge is 2.10. The Morgan fingerprint density at radius 1 is 1.36 bits per heavy atom. The summed E-state index contributed by atoms with van der Waals surface area (Å²) >= 11 is 0. The van der Waals surface area contributed by atoms with Crippen molar-refractivity contribution in [1.82, 2.24) is 0 Å².